The lowest BCUT2D eigenvalue weighted by atomic mass is 8.25. The Kier molecular flexibility index (Phi) is 24.8. The maximum atomic E-state index is 6.65. The quantitative estimate of drug-likeness (QED) is 0.125. The number of hydrogen-bond acceptors (Lipinski definition) is 0. The Morgan fingerprint density at radius 3 is 0.438 bits per heavy atom. The monoisotopic (exact) mass is 528 g/mol. The smallest absolute Gasteiger partial charge is 0.000000000000000141 e. The van der Waals surface area contributed by atoms with Crippen molar-refractivity contribution in [2.45, 2.75) is 0 Å². The van der Waals surface area contributed by atoms with Crippen molar-refractivity contribution < 1.29 is 0 Å². The third-order valence-corrected chi connectivity index (χ3v) is 9.78. The van der Waals surface area contributed by atoms with Crippen molar-refractivity contribution in [3.05, 3.63) is 0 Å². The van der Waals surface area contributed by atoms with Gasteiger partial charge in [-0.05, 0) is 312 Å². The summed E-state index contributed by atoms with van der Waals surface area (Å²) in [7, 11) is 160. The van der Waals surface area contributed by atoms with Gasteiger partial charge in [-0.1, -0.05) is 6.39 Å². The third kappa shape index (κ3) is 13.7. The van der Waals surface area contributed by atoms with Crippen LogP contribution in [0.2, 0.25) is 0 Å². The molecule has 0 unspecified atom stereocenters. The van der Waals surface area contributed by atoms with Crippen molar-refractivity contribution in [3.63, 3.8) is 0 Å². The standard InChI is InChI=1S/B48/c1-26(2)38(25)44(37(23)24)47(43(35(19)20)36(21)22)48(45(39(27(3)4)28(5)6)40(29(7)8)30(9)10)46(41(31(11)12)32(13)14)42(33(15)16)34(17)18/q-2. The van der Waals surface area contributed by atoms with Crippen molar-refractivity contribution in [2.75, 3.05) is 0 Å². The van der Waals surface area contributed by atoms with Crippen LogP contribution in [0.1, 0.15) is 0 Å². The van der Waals surface area contributed by atoms with E-state index >= 15 is 0 Å². The molecule has 0 bridgehead atoms. The lowest BCUT2D eigenvalue weighted by molar-refractivity contribution is 3.19. The third-order valence-electron chi connectivity index (χ3n) is 9.78. The van der Waals surface area contributed by atoms with Gasteiger partial charge in [-0.25, -0.2) is 0 Å². The van der Waals surface area contributed by atoms with Crippen LogP contribution in [-0.4, -0.2) is 340 Å². The molecule has 0 aromatic carbocycles. The molecule has 0 rings (SSSR count). The van der Waals surface area contributed by atoms with Crippen molar-refractivity contribution in [1.29, 1.82) is 0 Å². The molecular weight excluding hydrogens is 519 g/mol. The Balaban J connectivity index is 9.31. The molecule has 0 atom stereocenters. The minimum atomic E-state index is -1.34. The summed E-state index contributed by atoms with van der Waals surface area (Å²) in [5.74, 6) is 0. The highest BCUT2D eigenvalue weighted by Gasteiger charge is 2.59. The Morgan fingerprint density at radius 2 is 0.312 bits per heavy atom. The molecule has 0 aliphatic rings. The Morgan fingerprint density at radius 1 is 0.188 bits per heavy atom. The van der Waals surface area contributed by atoms with Crippen LogP contribution < -0.4 is 0 Å². The molecule has 52 radical (unpaired) electrons. The van der Waals surface area contributed by atoms with E-state index in [4.69, 9.17) is 193 Å². The highest BCUT2D eigenvalue weighted by molar-refractivity contribution is 8.35. The summed E-state index contributed by atoms with van der Waals surface area (Å²) in [6.07, 6.45) is -29.1. The zero-order chi connectivity index (χ0) is 38.3. The molecule has 0 aromatic heterocycles. The summed E-state index contributed by atoms with van der Waals surface area (Å²) in [4.78, 5) is 0. The van der Waals surface area contributed by atoms with Gasteiger partial charge in [-0.2, -0.15) is 0 Å². The SMILES string of the molecule is [B]B([B])B(B([B])[B])B(B(B([B])[B])B([B])[B])B(B(B(B([B])[B])B([B])[B])B(B([B])[B])B([B])[B])B(B(B([B])[B])B([B])[B])B(B([B])[B])B([B])B([B-])[B-]. The van der Waals surface area contributed by atoms with E-state index in [1.165, 1.54) is 0 Å². The summed E-state index contributed by atoms with van der Waals surface area (Å²) in [5.41, 5.74) is 0. The summed E-state index contributed by atoms with van der Waals surface area (Å²) < 4.78 is 0. The molecule has 0 aliphatic carbocycles. The molecule has 0 amide bonds. The molecule has 0 fully saturated rings. The largest absolute Gasteiger partial charge is 0.729 e. The van der Waals surface area contributed by atoms with E-state index in [0.29, 0.717) is 0 Å². The minimum Gasteiger partial charge on any atom is -0.729 e. The highest BCUT2D eigenvalue weighted by Crippen LogP contribution is 2.21. The van der Waals surface area contributed by atoms with Gasteiger partial charge in [0.1, 0.15) is 0 Å². The van der Waals surface area contributed by atoms with E-state index < -0.39 is 147 Å². The van der Waals surface area contributed by atoms with Gasteiger partial charge in [0.25, 0.3) is 0 Å². The van der Waals surface area contributed by atoms with Gasteiger partial charge in [0.05, 0.1) is 0 Å². The zero-order valence-corrected chi connectivity index (χ0v) is 27.7. The molecule has 0 aliphatic heterocycles. The van der Waals surface area contributed by atoms with Gasteiger partial charge in [0.2, 0.25) is 0 Å². The molecule has 0 nitrogen and oxygen atoms in total. The number of rotatable bonds is 22. The maximum absolute atomic E-state index is 6.65. The van der Waals surface area contributed by atoms with Gasteiger partial charge in [-0.3, -0.25) is 0 Å². The molecule has 0 N–H and O–H groups in total. The summed E-state index contributed by atoms with van der Waals surface area (Å²) >= 11 is 0. The molecule has 0 saturated heterocycles. The average Bonchev–Trinajstić information content (AvgIpc) is 2.86. The molecular formula is B48-2. The van der Waals surface area contributed by atoms with Crippen LogP contribution in [-0.2, 0) is 0 Å². The summed E-state index contributed by atoms with van der Waals surface area (Å²) in [6.45, 7) is 0. The second-order valence-electron chi connectivity index (χ2n) is 13.3. The first-order valence-corrected chi connectivity index (χ1v) is 15.7. The minimum absolute atomic E-state index is 1.18. The predicted molar refractivity (Wildman–Crippen MR) is 276 cm³/mol. The molecule has 0 spiro atoms. The van der Waals surface area contributed by atoms with E-state index in [1.807, 2.05) is 0 Å². The van der Waals surface area contributed by atoms with Crippen molar-refractivity contribution >= 4 is 340 Å². The van der Waals surface area contributed by atoms with Gasteiger partial charge in [-0.15, -0.1) is 0 Å². The van der Waals surface area contributed by atoms with E-state index in [-0.39, 0.29) is 0 Å². The first-order valence-electron chi connectivity index (χ1n) is 15.7. The molecule has 0 saturated carbocycles. The molecule has 146 valence electrons. The Labute approximate surface area is 337 Å². The van der Waals surface area contributed by atoms with Crippen molar-refractivity contribution in [3.8, 4) is 0 Å². The van der Waals surface area contributed by atoms with Crippen molar-refractivity contribution in [1.82, 2.24) is 0 Å². The van der Waals surface area contributed by atoms with Crippen LogP contribution in [0, 0.1) is 0 Å². The fourth-order valence-corrected chi connectivity index (χ4v) is 7.95. The van der Waals surface area contributed by atoms with Gasteiger partial charge in [0, 0.05) is 0 Å². The summed E-state index contributed by atoms with van der Waals surface area (Å²) in [5, 5.41) is 0. The van der Waals surface area contributed by atoms with E-state index in [0.717, 1.165) is 0 Å². The van der Waals surface area contributed by atoms with Crippen LogP contribution in [0.5, 0.6) is 0 Å². The van der Waals surface area contributed by atoms with Crippen LogP contribution in [0.15, 0.2) is 0 Å². The molecule has 0 aromatic rings. The highest BCUT2D eigenvalue weighted by atomic mass is 13.4. The Hall–Kier alpha value is 3.12. The van der Waals surface area contributed by atoms with Gasteiger partial charge in [0.15, 0.2) is 0 Å². The van der Waals surface area contributed by atoms with Crippen LogP contribution in [0.3, 0.4) is 0 Å². The van der Waals surface area contributed by atoms with Crippen LogP contribution >= 0.6 is 0 Å². The fraction of sp³-hybridized carbons (Fsp3) is 0. The van der Waals surface area contributed by atoms with Crippen molar-refractivity contribution in [2.24, 2.45) is 0 Å². The Bertz CT molecular complexity index is 695. The molecule has 48 heavy (non-hydrogen) atoms. The van der Waals surface area contributed by atoms with Crippen LogP contribution in [0.25, 0.3) is 0 Å². The van der Waals surface area contributed by atoms with Crippen LogP contribution in [0.4, 0.5) is 0 Å². The normalized spacial score (nSPS) is 9.71. The predicted octanol–water partition coefficient (Wildman–Crippen LogP) is -18.3. The van der Waals surface area contributed by atoms with E-state index in [1.54, 1.807) is 0 Å². The topological polar surface area (TPSA) is 0 Å². The first-order chi connectivity index (χ1) is 21.8. The molecule has 0 heterocycles. The first kappa shape index (κ1) is 51.1. The lowest BCUT2D eigenvalue weighted by Gasteiger charge is -2.58. The average molecular weight is 519 g/mol. The van der Waals surface area contributed by atoms with Gasteiger partial charge >= 0.3 is 0 Å². The van der Waals surface area contributed by atoms with E-state index in [2.05, 4.69) is 0 Å². The second-order valence-corrected chi connectivity index (χ2v) is 13.3. The second kappa shape index (κ2) is 23.2. The molecule has 48 heteroatoms. The fourth-order valence-electron chi connectivity index (χ4n) is 7.95. The van der Waals surface area contributed by atoms with E-state index in [9.17, 15) is 0 Å². The zero-order valence-electron chi connectivity index (χ0n) is 27.7. The number of hydrogen-bond donors (Lipinski definition) is 0. The maximum Gasteiger partial charge on any atom is -0.000000000000000141 e. The summed E-state index contributed by atoms with van der Waals surface area (Å²) in [6, 6.07) is 0. The lowest BCUT2D eigenvalue weighted by Crippen LogP contribution is -2.94. The van der Waals surface area contributed by atoms with Gasteiger partial charge < -0.3 is 21.9 Å².